The van der Waals surface area contributed by atoms with Gasteiger partial charge in [-0.3, -0.25) is 9.59 Å². The lowest BCUT2D eigenvalue weighted by Gasteiger charge is -2.27. The number of aromatic nitrogens is 1. The molecule has 5 rings (SSSR count). The molecule has 1 heterocycles. The number of fused-ring (bicyclic) bond motifs is 1. The highest BCUT2D eigenvalue weighted by Crippen LogP contribution is 2.32. The van der Waals surface area contributed by atoms with Gasteiger partial charge in [0.2, 0.25) is 0 Å². The second kappa shape index (κ2) is 15.8. The number of hydrogen-bond donors (Lipinski definition) is 0. The van der Waals surface area contributed by atoms with Crippen LogP contribution >= 0.6 is 0 Å². The summed E-state index contributed by atoms with van der Waals surface area (Å²) in [6.07, 6.45) is 2.89. The van der Waals surface area contributed by atoms with Crippen LogP contribution in [0.25, 0.3) is 22.2 Å². The van der Waals surface area contributed by atoms with Crippen molar-refractivity contribution in [2.45, 2.75) is 63.9 Å². The van der Waals surface area contributed by atoms with Crippen LogP contribution in [0.3, 0.4) is 0 Å². The minimum atomic E-state index is -3.89. The minimum absolute atomic E-state index is 0.0697. The van der Waals surface area contributed by atoms with Crippen LogP contribution in [0.1, 0.15) is 62.4 Å². The van der Waals surface area contributed by atoms with Gasteiger partial charge >= 0.3 is 5.97 Å². The molecule has 8 nitrogen and oxygen atoms in total. The molecular weight excluding hydrogens is 625 g/mol. The zero-order valence-corrected chi connectivity index (χ0v) is 28.5. The molecule has 5 aromatic rings. The molecule has 0 aliphatic carbocycles. The molecule has 0 spiro atoms. The summed E-state index contributed by atoms with van der Waals surface area (Å²) in [5.74, 6) is 0.450. The number of nitrogens with zero attached hydrogens (tertiary/aromatic N) is 2. The van der Waals surface area contributed by atoms with E-state index in [-0.39, 0.29) is 22.8 Å². The maximum atomic E-state index is 13.9. The van der Waals surface area contributed by atoms with Gasteiger partial charge in [0.15, 0.2) is 0 Å². The molecule has 0 atom stereocenters. The van der Waals surface area contributed by atoms with E-state index in [0.717, 1.165) is 36.0 Å². The van der Waals surface area contributed by atoms with Crippen molar-refractivity contribution in [2.24, 2.45) is 0 Å². The second-order valence-electron chi connectivity index (χ2n) is 11.9. The maximum absolute atomic E-state index is 13.9. The molecule has 9 heteroatoms. The Kier molecular flexibility index (Phi) is 11.3. The van der Waals surface area contributed by atoms with Gasteiger partial charge in [-0.15, -0.1) is 0 Å². The van der Waals surface area contributed by atoms with Crippen LogP contribution in [0.5, 0.6) is 5.75 Å². The van der Waals surface area contributed by atoms with Crippen LogP contribution in [0.15, 0.2) is 114 Å². The van der Waals surface area contributed by atoms with Crippen molar-refractivity contribution in [2.75, 3.05) is 13.2 Å². The molecule has 0 fully saturated rings. The van der Waals surface area contributed by atoms with Crippen LogP contribution in [0.2, 0.25) is 0 Å². The summed E-state index contributed by atoms with van der Waals surface area (Å²) in [5, 5.41) is 0.804. The number of rotatable bonds is 15. The first kappa shape index (κ1) is 34.4. The van der Waals surface area contributed by atoms with Crippen molar-refractivity contribution in [3.63, 3.8) is 0 Å². The Morgan fingerprint density at radius 2 is 1.54 bits per heavy atom. The summed E-state index contributed by atoms with van der Waals surface area (Å²) >= 11 is 0. The lowest BCUT2D eigenvalue weighted by atomic mass is 10.1. The van der Waals surface area contributed by atoms with E-state index < -0.39 is 10.0 Å². The highest BCUT2D eigenvalue weighted by atomic mass is 32.2. The summed E-state index contributed by atoms with van der Waals surface area (Å²) in [6, 6.07) is 32.5. The van der Waals surface area contributed by atoms with Gasteiger partial charge in [0.05, 0.1) is 29.3 Å². The Balaban J connectivity index is 1.29. The largest absolute Gasteiger partial charge is 0.494 e. The number of hydrogen-bond acceptors (Lipinski definition) is 6. The molecule has 1 aromatic heterocycles. The first-order valence-corrected chi connectivity index (χ1v) is 17.8. The van der Waals surface area contributed by atoms with Crippen LogP contribution in [-0.2, 0) is 26.1 Å². The Labute approximate surface area is 283 Å². The average molecular weight is 667 g/mol. The van der Waals surface area contributed by atoms with Crippen LogP contribution in [-0.4, -0.2) is 48.4 Å². The minimum Gasteiger partial charge on any atom is -0.494 e. The van der Waals surface area contributed by atoms with Crippen LogP contribution < -0.4 is 4.74 Å². The van der Waals surface area contributed by atoms with Gasteiger partial charge in [-0.2, -0.15) is 0 Å². The number of carbonyl (C=O) groups is 2. The predicted octanol–water partition coefficient (Wildman–Crippen LogP) is 8.10. The SMILES string of the molecule is CCOC(=O)CCCCCOc1cccc(CN(C(=O)c2ccc(-c3cc4ccccc4n3S(=O)(=O)c3ccccc3)cc2)C(C)C)c1. The molecule has 1 amide bonds. The number of ether oxygens (including phenoxy) is 2. The summed E-state index contributed by atoms with van der Waals surface area (Å²) in [7, 11) is -3.89. The van der Waals surface area contributed by atoms with E-state index in [1.54, 1.807) is 72.5 Å². The standard InChI is InChI=1S/C39H42N2O6S/c1-4-46-38(42)20-9-6-12-25-47-34-16-13-14-30(26-34)28-40(29(2)3)39(43)32-23-21-31(22-24-32)37-27-33-15-10-11-19-36(33)41(37)48(44,45)35-17-7-5-8-18-35/h5,7-8,10-11,13-19,21-24,26-27,29H,4,6,9,12,20,25,28H2,1-3H3. The van der Waals surface area contributed by atoms with Gasteiger partial charge < -0.3 is 14.4 Å². The summed E-state index contributed by atoms with van der Waals surface area (Å²) in [6.45, 7) is 7.11. The van der Waals surface area contributed by atoms with E-state index >= 15 is 0 Å². The Morgan fingerprint density at radius 1 is 0.812 bits per heavy atom. The zero-order valence-electron chi connectivity index (χ0n) is 27.7. The van der Waals surface area contributed by atoms with Crippen LogP contribution in [0, 0.1) is 0 Å². The fourth-order valence-corrected chi connectivity index (χ4v) is 7.18. The van der Waals surface area contributed by atoms with E-state index in [0.29, 0.717) is 48.5 Å². The molecule has 0 saturated heterocycles. The van der Waals surface area contributed by atoms with Gasteiger partial charge in [-0.05, 0) is 99.7 Å². The summed E-state index contributed by atoms with van der Waals surface area (Å²) < 4.78 is 40.0. The number of unbranched alkanes of at least 4 members (excludes halogenated alkanes) is 2. The Morgan fingerprint density at radius 3 is 2.27 bits per heavy atom. The normalized spacial score (nSPS) is 11.5. The number of amides is 1. The molecule has 0 saturated carbocycles. The van der Waals surface area contributed by atoms with Crippen molar-refractivity contribution in [1.29, 1.82) is 0 Å². The zero-order chi connectivity index (χ0) is 34.1. The van der Waals surface area contributed by atoms with E-state index in [2.05, 4.69) is 0 Å². The number of para-hydroxylation sites is 1. The van der Waals surface area contributed by atoms with E-state index in [9.17, 15) is 18.0 Å². The smallest absolute Gasteiger partial charge is 0.305 e. The number of benzene rings is 4. The fraction of sp³-hybridized carbons (Fsp3) is 0.282. The third-order valence-electron chi connectivity index (χ3n) is 8.11. The first-order valence-electron chi connectivity index (χ1n) is 16.4. The molecule has 48 heavy (non-hydrogen) atoms. The lowest BCUT2D eigenvalue weighted by molar-refractivity contribution is -0.143. The molecule has 0 aliphatic heterocycles. The van der Waals surface area contributed by atoms with Crippen molar-refractivity contribution in [3.05, 3.63) is 120 Å². The molecule has 0 radical (unpaired) electrons. The average Bonchev–Trinajstić information content (AvgIpc) is 3.50. The van der Waals surface area contributed by atoms with Gasteiger partial charge in [-0.25, -0.2) is 12.4 Å². The third-order valence-corrected chi connectivity index (χ3v) is 9.85. The molecule has 0 unspecified atom stereocenters. The Bertz CT molecular complexity index is 1950. The van der Waals surface area contributed by atoms with E-state index in [1.807, 2.05) is 62.4 Å². The van der Waals surface area contributed by atoms with Gasteiger partial charge in [0.1, 0.15) is 5.75 Å². The van der Waals surface area contributed by atoms with E-state index in [4.69, 9.17) is 9.47 Å². The van der Waals surface area contributed by atoms with Gasteiger partial charge in [0, 0.05) is 30.0 Å². The topological polar surface area (TPSA) is 94.9 Å². The van der Waals surface area contributed by atoms with Crippen molar-refractivity contribution >= 4 is 32.8 Å². The number of carbonyl (C=O) groups excluding carboxylic acids is 2. The molecular formula is C39H42N2O6S. The number of esters is 1. The molecule has 0 bridgehead atoms. The van der Waals surface area contributed by atoms with Crippen LogP contribution in [0.4, 0.5) is 0 Å². The fourth-order valence-electron chi connectivity index (χ4n) is 5.63. The Hall–Kier alpha value is -4.89. The third kappa shape index (κ3) is 8.15. The van der Waals surface area contributed by atoms with Crippen molar-refractivity contribution in [1.82, 2.24) is 8.87 Å². The monoisotopic (exact) mass is 666 g/mol. The lowest BCUT2D eigenvalue weighted by Crippen LogP contribution is -2.36. The van der Waals surface area contributed by atoms with Crippen molar-refractivity contribution in [3.8, 4) is 17.0 Å². The highest BCUT2D eigenvalue weighted by Gasteiger charge is 2.25. The highest BCUT2D eigenvalue weighted by molar-refractivity contribution is 7.90. The summed E-state index contributed by atoms with van der Waals surface area (Å²) in [5.41, 5.74) is 3.25. The molecule has 0 N–H and O–H groups in total. The predicted molar refractivity (Wildman–Crippen MR) is 188 cm³/mol. The first-order chi connectivity index (χ1) is 23.2. The van der Waals surface area contributed by atoms with Gasteiger partial charge in [0.25, 0.3) is 15.9 Å². The van der Waals surface area contributed by atoms with Crippen molar-refractivity contribution < 1.29 is 27.5 Å². The summed E-state index contributed by atoms with van der Waals surface area (Å²) in [4.78, 5) is 27.3. The quantitative estimate of drug-likeness (QED) is 0.0828. The second-order valence-corrected chi connectivity index (χ2v) is 13.7. The molecule has 4 aromatic carbocycles. The molecule has 250 valence electrons. The van der Waals surface area contributed by atoms with Gasteiger partial charge in [-0.1, -0.05) is 60.7 Å². The maximum Gasteiger partial charge on any atom is 0.305 e. The molecule has 0 aliphatic rings. The van der Waals surface area contributed by atoms with E-state index in [1.165, 1.54) is 3.97 Å².